The summed E-state index contributed by atoms with van der Waals surface area (Å²) in [6.07, 6.45) is 20.9. The summed E-state index contributed by atoms with van der Waals surface area (Å²) in [7, 11) is 0. The Morgan fingerprint density at radius 2 is 1.15 bits per heavy atom. The van der Waals surface area contributed by atoms with Gasteiger partial charge in [-0.2, -0.15) is 0 Å². The van der Waals surface area contributed by atoms with Gasteiger partial charge in [-0.1, -0.05) is 44.1 Å². The maximum atomic E-state index is 2.67. The molecule has 0 aromatic heterocycles. The van der Waals surface area contributed by atoms with Crippen molar-refractivity contribution in [2.45, 2.75) is 78.6 Å². The Morgan fingerprint density at radius 3 is 1.55 bits per heavy atom. The number of hydrogen-bond donors (Lipinski definition) is 0. The SMILES string of the molecule is C/C=C/CCCCCN(CCC)CCCCC/C=C/C. The first kappa shape index (κ1) is 19.4. The molecule has 0 heterocycles. The van der Waals surface area contributed by atoms with Crippen molar-refractivity contribution in [3.63, 3.8) is 0 Å². The topological polar surface area (TPSA) is 3.24 Å². The molecule has 0 aliphatic carbocycles. The van der Waals surface area contributed by atoms with E-state index >= 15 is 0 Å². The first-order chi connectivity index (χ1) is 9.85. The lowest BCUT2D eigenvalue weighted by Gasteiger charge is -2.21. The molecule has 0 bridgehead atoms. The van der Waals surface area contributed by atoms with E-state index in [0.717, 1.165) is 0 Å². The molecule has 0 N–H and O–H groups in total. The molecule has 0 radical (unpaired) electrons. The zero-order chi connectivity index (χ0) is 14.9. The van der Waals surface area contributed by atoms with Crippen LogP contribution < -0.4 is 0 Å². The second-order valence-corrected chi connectivity index (χ2v) is 5.68. The Kier molecular flexibility index (Phi) is 16.0. The Bertz CT molecular complexity index is 208. The number of allylic oxidation sites excluding steroid dienone is 4. The van der Waals surface area contributed by atoms with E-state index in [1.54, 1.807) is 0 Å². The van der Waals surface area contributed by atoms with Crippen LogP contribution in [0.25, 0.3) is 0 Å². The van der Waals surface area contributed by atoms with Gasteiger partial charge in [0, 0.05) is 0 Å². The molecule has 1 heteroatoms. The second kappa shape index (κ2) is 16.5. The molecule has 0 aliphatic rings. The molecule has 0 amide bonds. The van der Waals surface area contributed by atoms with Crippen molar-refractivity contribution in [2.75, 3.05) is 19.6 Å². The van der Waals surface area contributed by atoms with Crippen LogP contribution in [0.2, 0.25) is 0 Å². The molecule has 0 fully saturated rings. The third kappa shape index (κ3) is 13.9. The van der Waals surface area contributed by atoms with Crippen molar-refractivity contribution in [3.8, 4) is 0 Å². The van der Waals surface area contributed by atoms with Crippen LogP contribution in [0.4, 0.5) is 0 Å². The summed E-state index contributed by atoms with van der Waals surface area (Å²) in [5, 5.41) is 0. The molecular weight excluding hydrogens is 242 g/mol. The van der Waals surface area contributed by atoms with Crippen molar-refractivity contribution < 1.29 is 0 Å². The lowest BCUT2D eigenvalue weighted by atomic mass is 10.1. The van der Waals surface area contributed by atoms with E-state index in [9.17, 15) is 0 Å². The fraction of sp³-hybridized carbons (Fsp3) is 0.789. The minimum absolute atomic E-state index is 1.26. The van der Waals surface area contributed by atoms with E-state index in [4.69, 9.17) is 0 Å². The molecule has 0 aliphatic heterocycles. The molecule has 0 saturated heterocycles. The van der Waals surface area contributed by atoms with E-state index in [1.165, 1.54) is 77.4 Å². The summed E-state index contributed by atoms with van der Waals surface area (Å²) in [5.41, 5.74) is 0. The summed E-state index contributed by atoms with van der Waals surface area (Å²) < 4.78 is 0. The van der Waals surface area contributed by atoms with Crippen LogP contribution in [0, 0.1) is 0 Å². The maximum absolute atomic E-state index is 2.67. The van der Waals surface area contributed by atoms with Crippen LogP contribution in [-0.2, 0) is 0 Å². The molecule has 0 aromatic rings. The van der Waals surface area contributed by atoms with Gasteiger partial charge in [-0.15, -0.1) is 0 Å². The molecule has 0 rings (SSSR count). The average Bonchev–Trinajstić information content (AvgIpc) is 2.46. The number of nitrogens with zero attached hydrogens (tertiary/aromatic N) is 1. The molecule has 20 heavy (non-hydrogen) atoms. The van der Waals surface area contributed by atoms with Crippen LogP contribution in [0.15, 0.2) is 24.3 Å². The van der Waals surface area contributed by atoms with Gasteiger partial charge in [0.05, 0.1) is 0 Å². The van der Waals surface area contributed by atoms with Gasteiger partial charge >= 0.3 is 0 Å². The zero-order valence-corrected chi connectivity index (χ0v) is 14.2. The highest BCUT2D eigenvalue weighted by Crippen LogP contribution is 2.07. The third-order valence-electron chi connectivity index (χ3n) is 3.70. The molecule has 0 saturated carbocycles. The monoisotopic (exact) mass is 279 g/mol. The van der Waals surface area contributed by atoms with E-state index in [0.29, 0.717) is 0 Å². The van der Waals surface area contributed by atoms with Crippen molar-refractivity contribution in [1.82, 2.24) is 4.90 Å². The quantitative estimate of drug-likeness (QED) is 0.279. The normalized spacial score (nSPS) is 12.2. The van der Waals surface area contributed by atoms with Crippen LogP contribution in [0.5, 0.6) is 0 Å². The first-order valence-electron chi connectivity index (χ1n) is 8.79. The van der Waals surface area contributed by atoms with Crippen LogP contribution in [0.1, 0.15) is 78.6 Å². The molecule has 1 nitrogen and oxygen atoms in total. The molecular formula is C19H37N. The number of rotatable bonds is 14. The highest BCUT2D eigenvalue weighted by Gasteiger charge is 2.02. The molecule has 0 spiro atoms. The minimum atomic E-state index is 1.26. The molecule has 0 aromatic carbocycles. The van der Waals surface area contributed by atoms with E-state index in [2.05, 4.69) is 50.0 Å². The van der Waals surface area contributed by atoms with Gasteiger partial charge in [0.15, 0.2) is 0 Å². The molecule has 118 valence electrons. The minimum Gasteiger partial charge on any atom is -0.303 e. The molecule has 0 unspecified atom stereocenters. The predicted molar refractivity (Wildman–Crippen MR) is 93.3 cm³/mol. The lowest BCUT2D eigenvalue weighted by Crippen LogP contribution is -2.26. The van der Waals surface area contributed by atoms with Crippen LogP contribution in [-0.4, -0.2) is 24.5 Å². The smallest absolute Gasteiger partial charge is 0.00187 e. The highest BCUT2D eigenvalue weighted by atomic mass is 15.1. The van der Waals surface area contributed by atoms with Crippen LogP contribution in [0.3, 0.4) is 0 Å². The summed E-state index contributed by atoms with van der Waals surface area (Å²) in [6, 6.07) is 0. The Balaban J connectivity index is 3.54. The fourth-order valence-corrected chi connectivity index (χ4v) is 2.53. The predicted octanol–water partition coefficient (Wildman–Crippen LogP) is 5.97. The maximum Gasteiger partial charge on any atom is -0.00187 e. The summed E-state index contributed by atoms with van der Waals surface area (Å²) in [6.45, 7) is 10.4. The average molecular weight is 280 g/mol. The van der Waals surface area contributed by atoms with Crippen molar-refractivity contribution in [2.24, 2.45) is 0 Å². The van der Waals surface area contributed by atoms with E-state index in [-0.39, 0.29) is 0 Å². The van der Waals surface area contributed by atoms with Gasteiger partial charge < -0.3 is 4.90 Å². The Hall–Kier alpha value is -0.560. The summed E-state index contributed by atoms with van der Waals surface area (Å²) in [5.74, 6) is 0. The second-order valence-electron chi connectivity index (χ2n) is 5.68. The highest BCUT2D eigenvalue weighted by molar-refractivity contribution is 4.77. The van der Waals surface area contributed by atoms with Gasteiger partial charge in [-0.3, -0.25) is 0 Å². The summed E-state index contributed by atoms with van der Waals surface area (Å²) in [4.78, 5) is 2.67. The molecule has 0 atom stereocenters. The summed E-state index contributed by atoms with van der Waals surface area (Å²) >= 11 is 0. The van der Waals surface area contributed by atoms with E-state index < -0.39 is 0 Å². The van der Waals surface area contributed by atoms with Crippen molar-refractivity contribution in [1.29, 1.82) is 0 Å². The van der Waals surface area contributed by atoms with Crippen LogP contribution >= 0.6 is 0 Å². The Labute approximate surface area is 128 Å². The van der Waals surface area contributed by atoms with E-state index in [1.807, 2.05) is 0 Å². The van der Waals surface area contributed by atoms with Crippen molar-refractivity contribution in [3.05, 3.63) is 24.3 Å². The Morgan fingerprint density at radius 1 is 0.650 bits per heavy atom. The largest absolute Gasteiger partial charge is 0.303 e. The van der Waals surface area contributed by atoms with Crippen molar-refractivity contribution >= 4 is 0 Å². The number of unbranched alkanes of at least 4 members (excludes halogenated alkanes) is 6. The zero-order valence-electron chi connectivity index (χ0n) is 14.2. The third-order valence-corrected chi connectivity index (χ3v) is 3.70. The van der Waals surface area contributed by atoms with Gasteiger partial charge in [0.1, 0.15) is 0 Å². The lowest BCUT2D eigenvalue weighted by molar-refractivity contribution is 0.261. The standard InChI is InChI=1S/C19H37N/c1-4-7-9-11-13-15-18-20(17-6-3)19-16-14-12-10-8-5-2/h4-5,7-8H,6,9-19H2,1-3H3/b7-4+,8-5+. The first-order valence-corrected chi connectivity index (χ1v) is 8.79. The fourth-order valence-electron chi connectivity index (χ4n) is 2.53. The number of hydrogen-bond acceptors (Lipinski definition) is 1. The van der Waals surface area contributed by atoms with Gasteiger partial charge in [0.25, 0.3) is 0 Å². The van der Waals surface area contributed by atoms with Gasteiger partial charge in [0.2, 0.25) is 0 Å². The van der Waals surface area contributed by atoms with Gasteiger partial charge in [-0.25, -0.2) is 0 Å². The van der Waals surface area contributed by atoms with Gasteiger partial charge in [-0.05, 0) is 78.4 Å².